The Bertz CT molecular complexity index is 302. The van der Waals surface area contributed by atoms with E-state index in [1.807, 2.05) is 0 Å². The Hall–Kier alpha value is -0.610. The molecular weight excluding hydrogens is 262 g/mol. The minimum Gasteiger partial charge on any atom is -0.341 e. The van der Waals surface area contributed by atoms with Crippen LogP contribution in [0.2, 0.25) is 0 Å². The van der Waals surface area contributed by atoms with Gasteiger partial charge in [-0.15, -0.1) is 0 Å². The topological polar surface area (TPSA) is 49.6 Å². The molecule has 1 aliphatic carbocycles. The van der Waals surface area contributed by atoms with Gasteiger partial charge >= 0.3 is 0 Å². The second-order valence-corrected chi connectivity index (χ2v) is 6.74. The van der Waals surface area contributed by atoms with E-state index in [0.717, 1.165) is 52.0 Å². The maximum atomic E-state index is 12.9. The molecule has 4 nitrogen and oxygen atoms in total. The van der Waals surface area contributed by atoms with Crippen LogP contribution in [-0.2, 0) is 4.79 Å². The summed E-state index contributed by atoms with van der Waals surface area (Å²) in [5, 5.41) is 0. The van der Waals surface area contributed by atoms with E-state index in [1.165, 1.54) is 0 Å². The van der Waals surface area contributed by atoms with Gasteiger partial charge in [0, 0.05) is 25.6 Å². The number of carbonyl (C=O) groups is 1. The number of amides is 1. The van der Waals surface area contributed by atoms with Gasteiger partial charge in [-0.05, 0) is 44.3 Å². The lowest BCUT2D eigenvalue weighted by molar-refractivity contribution is -0.137. The van der Waals surface area contributed by atoms with E-state index in [1.54, 1.807) is 0 Å². The second kappa shape index (κ2) is 9.42. The van der Waals surface area contributed by atoms with Crippen molar-refractivity contribution in [2.75, 3.05) is 39.3 Å². The van der Waals surface area contributed by atoms with E-state index < -0.39 is 0 Å². The summed E-state index contributed by atoms with van der Waals surface area (Å²) in [5.74, 6) is 1.44. The van der Waals surface area contributed by atoms with Crippen molar-refractivity contribution in [2.45, 2.75) is 47.0 Å². The third-order valence-corrected chi connectivity index (χ3v) is 4.76. The van der Waals surface area contributed by atoms with Crippen molar-refractivity contribution in [1.82, 2.24) is 9.80 Å². The van der Waals surface area contributed by atoms with E-state index >= 15 is 0 Å². The number of likely N-dealkylation sites (N-methyl/N-ethyl adjacent to an activating group) is 1. The first-order valence-electron chi connectivity index (χ1n) is 8.74. The lowest BCUT2D eigenvalue weighted by Crippen LogP contribution is -2.44. The van der Waals surface area contributed by atoms with E-state index in [9.17, 15) is 4.79 Å². The summed E-state index contributed by atoms with van der Waals surface area (Å²) >= 11 is 0. The molecule has 1 fully saturated rings. The molecule has 21 heavy (non-hydrogen) atoms. The molecule has 1 saturated carbocycles. The van der Waals surface area contributed by atoms with Crippen LogP contribution in [0.1, 0.15) is 47.0 Å². The maximum absolute atomic E-state index is 12.9. The number of hydrogen-bond acceptors (Lipinski definition) is 3. The van der Waals surface area contributed by atoms with E-state index in [-0.39, 0.29) is 5.92 Å². The predicted molar refractivity (Wildman–Crippen MR) is 89.1 cm³/mol. The molecular formula is C17H35N3O. The molecule has 0 saturated heterocycles. The predicted octanol–water partition coefficient (Wildman–Crippen LogP) is 2.19. The van der Waals surface area contributed by atoms with E-state index in [4.69, 9.17) is 5.73 Å². The minimum atomic E-state index is 0.172. The summed E-state index contributed by atoms with van der Waals surface area (Å²) in [5.41, 5.74) is 5.85. The highest BCUT2D eigenvalue weighted by atomic mass is 16.2. The highest BCUT2D eigenvalue weighted by Gasteiger charge is 2.34. The Labute approximate surface area is 131 Å². The van der Waals surface area contributed by atoms with Gasteiger partial charge in [-0.3, -0.25) is 4.79 Å². The first-order valence-corrected chi connectivity index (χ1v) is 8.74. The molecule has 4 heteroatoms. The lowest BCUT2D eigenvalue weighted by atomic mass is 9.94. The van der Waals surface area contributed by atoms with Crippen LogP contribution in [0.25, 0.3) is 0 Å². The number of carbonyl (C=O) groups excluding carboxylic acids is 1. The zero-order chi connectivity index (χ0) is 15.8. The number of hydrogen-bond donors (Lipinski definition) is 1. The van der Waals surface area contributed by atoms with Gasteiger partial charge in [-0.25, -0.2) is 0 Å². The molecule has 0 bridgehead atoms. The van der Waals surface area contributed by atoms with Crippen molar-refractivity contribution in [3.05, 3.63) is 0 Å². The fraction of sp³-hybridized carbons (Fsp3) is 0.941. The van der Waals surface area contributed by atoms with Crippen LogP contribution in [0.15, 0.2) is 0 Å². The molecule has 0 aromatic heterocycles. The third-order valence-electron chi connectivity index (χ3n) is 4.76. The van der Waals surface area contributed by atoms with Crippen molar-refractivity contribution in [3.8, 4) is 0 Å². The molecule has 1 aliphatic rings. The van der Waals surface area contributed by atoms with Crippen LogP contribution >= 0.6 is 0 Å². The molecule has 0 unspecified atom stereocenters. The van der Waals surface area contributed by atoms with Gasteiger partial charge in [0.2, 0.25) is 5.91 Å². The molecule has 1 amide bonds. The van der Waals surface area contributed by atoms with Crippen molar-refractivity contribution >= 4 is 5.91 Å². The highest BCUT2D eigenvalue weighted by Crippen LogP contribution is 2.32. The van der Waals surface area contributed by atoms with Gasteiger partial charge in [0.1, 0.15) is 0 Å². The standard InChI is InChI=1S/C17H35N3O/c1-5-19(6-2)10-11-20(13-14(3)4)17(21)16-9-7-8-15(16)12-18/h14-16H,5-13,18H2,1-4H3/t15-,16-/m1/s1. The Balaban J connectivity index is 2.65. The fourth-order valence-electron chi connectivity index (χ4n) is 3.41. The first-order chi connectivity index (χ1) is 10.0. The molecule has 1 rings (SSSR count). The summed E-state index contributed by atoms with van der Waals surface area (Å²) < 4.78 is 0. The fourth-order valence-corrected chi connectivity index (χ4v) is 3.41. The molecule has 124 valence electrons. The number of nitrogens with zero attached hydrogens (tertiary/aromatic N) is 2. The largest absolute Gasteiger partial charge is 0.341 e. The van der Waals surface area contributed by atoms with Gasteiger partial charge in [-0.1, -0.05) is 34.1 Å². The quantitative estimate of drug-likeness (QED) is 0.710. The van der Waals surface area contributed by atoms with Gasteiger partial charge in [0.15, 0.2) is 0 Å². The summed E-state index contributed by atoms with van der Waals surface area (Å²) in [6.07, 6.45) is 3.31. The molecule has 0 aromatic rings. The number of rotatable bonds is 9. The molecule has 0 spiro atoms. The minimum absolute atomic E-state index is 0.172. The van der Waals surface area contributed by atoms with E-state index in [0.29, 0.717) is 24.3 Å². The molecule has 2 atom stereocenters. The zero-order valence-corrected chi connectivity index (χ0v) is 14.5. The first kappa shape index (κ1) is 18.4. The lowest BCUT2D eigenvalue weighted by Gasteiger charge is -2.31. The third kappa shape index (κ3) is 5.59. The maximum Gasteiger partial charge on any atom is 0.226 e. The van der Waals surface area contributed by atoms with Crippen LogP contribution in [-0.4, -0.2) is 55.0 Å². The van der Waals surface area contributed by atoms with Crippen LogP contribution in [0.5, 0.6) is 0 Å². The van der Waals surface area contributed by atoms with Gasteiger partial charge < -0.3 is 15.5 Å². The van der Waals surface area contributed by atoms with Crippen LogP contribution in [0, 0.1) is 17.8 Å². The molecule has 0 heterocycles. The molecule has 2 N–H and O–H groups in total. The van der Waals surface area contributed by atoms with Gasteiger partial charge in [0.05, 0.1) is 0 Å². The monoisotopic (exact) mass is 297 g/mol. The molecule has 0 radical (unpaired) electrons. The van der Waals surface area contributed by atoms with E-state index in [2.05, 4.69) is 37.5 Å². The second-order valence-electron chi connectivity index (χ2n) is 6.74. The Morgan fingerprint density at radius 1 is 1.19 bits per heavy atom. The average Bonchev–Trinajstić information content (AvgIpc) is 2.94. The van der Waals surface area contributed by atoms with Crippen molar-refractivity contribution in [3.63, 3.8) is 0 Å². The Kier molecular flexibility index (Phi) is 8.27. The number of nitrogens with two attached hydrogens (primary N) is 1. The summed E-state index contributed by atoms with van der Waals surface area (Å²) in [6, 6.07) is 0. The Morgan fingerprint density at radius 3 is 2.38 bits per heavy atom. The van der Waals surface area contributed by atoms with Gasteiger partial charge in [0.25, 0.3) is 0 Å². The van der Waals surface area contributed by atoms with Crippen molar-refractivity contribution in [1.29, 1.82) is 0 Å². The summed E-state index contributed by atoms with van der Waals surface area (Å²) in [4.78, 5) is 17.4. The zero-order valence-electron chi connectivity index (χ0n) is 14.5. The van der Waals surface area contributed by atoms with Crippen LogP contribution in [0.4, 0.5) is 0 Å². The van der Waals surface area contributed by atoms with Crippen molar-refractivity contribution in [2.24, 2.45) is 23.5 Å². The Morgan fingerprint density at radius 2 is 1.86 bits per heavy atom. The average molecular weight is 297 g/mol. The smallest absolute Gasteiger partial charge is 0.226 e. The van der Waals surface area contributed by atoms with Crippen LogP contribution in [0.3, 0.4) is 0 Å². The molecule has 0 aromatic carbocycles. The normalized spacial score (nSPS) is 22.2. The summed E-state index contributed by atoms with van der Waals surface area (Å²) in [6.45, 7) is 14.2. The van der Waals surface area contributed by atoms with Crippen LogP contribution < -0.4 is 5.73 Å². The highest BCUT2D eigenvalue weighted by molar-refractivity contribution is 5.79. The van der Waals surface area contributed by atoms with Crippen molar-refractivity contribution < 1.29 is 4.79 Å². The SMILES string of the molecule is CCN(CC)CCN(CC(C)C)C(=O)[C@@H]1CCC[C@@H]1CN. The summed E-state index contributed by atoms with van der Waals surface area (Å²) in [7, 11) is 0. The molecule has 0 aliphatic heterocycles. The van der Waals surface area contributed by atoms with Gasteiger partial charge in [-0.2, -0.15) is 0 Å².